The Hall–Kier alpha value is -3.00. The van der Waals surface area contributed by atoms with Crippen LogP contribution < -0.4 is 5.32 Å². The predicted molar refractivity (Wildman–Crippen MR) is 114 cm³/mol. The lowest BCUT2D eigenvalue weighted by atomic mass is 10.2. The molecule has 3 heterocycles. The first-order valence-corrected chi connectivity index (χ1v) is 10.3. The Morgan fingerprint density at radius 1 is 1.07 bits per heavy atom. The zero-order valence-corrected chi connectivity index (χ0v) is 17.7. The average Bonchev–Trinajstić information content (AvgIpc) is 3.39. The van der Waals surface area contributed by atoms with Gasteiger partial charge in [-0.1, -0.05) is 23.5 Å². The largest absolute Gasteiger partial charge is 0.357 e. The van der Waals surface area contributed by atoms with Crippen molar-refractivity contribution >= 4 is 16.5 Å². The summed E-state index contributed by atoms with van der Waals surface area (Å²) >= 11 is 1.55. The maximum absolute atomic E-state index is 14.0. The zero-order chi connectivity index (χ0) is 20.5. The number of halogens is 1. The van der Waals surface area contributed by atoms with Gasteiger partial charge in [0.05, 0.1) is 16.3 Å². The fourth-order valence-electron chi connectivity index (χ4n) is 3.39. The fraction of sp³-hybridized carbons (Fsp3) is 0.286. The molecule has 6 nitrogen and oxygen atoms in total. The number of benzene rings is 1. The molecule has 0 spiro atoms. The number of anilines is 1. The van der Waals surface area contributed by atoms with E-state index in [0.29, 0.717) is 12.2 Å². The Bertz CT molecular complexity index is 1160. The Kier molecular flexibility index (Phi) is 5.19. The summed E-state index contributed by atoms with van der Waals surface area (Å²) in [6.07, 6.45) is 1.77. The van der Waals surface area contributed by atoms with Gasteiger partial charge in [0.1, 0.15) is 17.2 Å². The van der Waals surface area contributed by atoms with Crippen molar-refractivity contribution in [3.05, 3.63) is 65.0 Å². The van der Waals surface area contributed by atoms with Gasteiger partial charge in [-0.05, 0) is 45.9 Å². The van der Waals surface area contributed by atoms with Crippen LogP contribution in [-0.2, 0) is 13.1 Å². The highest BCUT2D eigenvalue weighted by Gasteiger charge is 2.15. The molecule has 3 aromatic heterocycles. The lowest BCUT2D eigenvalue weighted by Gasteiger charge is -2.04. The van der Waals surface area contributed by atoms with E-state index in [9.17, 15) is 4.39 Å². The summed E-state index contributed by atoms with van der Waals surface area (Å²) in [5.41, 5.74) is 5.52. The van der Waals surface area contributed by atoms with Gasteiger partial charge in [-0.15, -0.1) is 0 Å². The highest BCUT2D eigenvalue weighted by molar-refractivity contribution is 7.19. The van der Waals surface area contributed by atoms with Crippen molar-refractivity contribution in [2.24, 2.45) is 0 Å². The summed E-state index contributed by atoms with van der Waals surface area (Å²) in [5, 5.41) is 13.4. The van der Waals surface area contributed by atoms with Gasteiger partial charge in [0.2, 0.25) is 0 Å². The van der Waals surface area contributed by atoms with Crippen molar-refractivity contribution in [2.45, 2.75) is 40.8 Å². The molecule has 0 aliphatic rings. The lowest BCUT2D eigenvalue weighted by Crippen LogP contribution is -2.03. The molecule has 0 unspecified atom stereocenters. The number of hydrogen-bond acceptors (Lipinski definition) is 5. The topological polar surface area (TPSA) is 60.6 Å². The van der Waals surface area contributed by atoms with E-state index in [1.54, 1.807) is 40.4 Å². The summed E-state index contributed by atoms with van der Waals surface area (Å²) in [6, 6.07) is 8.49. The first kappa shape index (κ1) is 19.3. The Morgan fingerprint density at radius 2 is 1.86 bits per heavy atom. The normalized spacial score (nSPS) is 11.2. The van der Waals surface area contributed by atoms with E-state index in [-0.39, 0.29) is 5.82 Å². The number of aromatic nitrogens is 5. The Morgan fingerprint density at radius 3 is 2.59 bits per heavy atom. The number of aryl methyl sites for hydroxylation is 3. The van der Waals surface area contributed by atoms with Gasteiger partial charge in [-0.2, -0.15) is 10.2 Å². The third-order valence-corrected chi connectivity index (χ3v) is 6.10. The lowest BCUT2D eigenvalue weighted by molar-refractivity contribution is 0.611. The van der Waals surface area contributed by atoms with Crippen LogP contribution in [0.15, 0.2) is 36.5 Å². The van der Waals surface area contributed by atoms with Crippen LogP contribution >= 0.6 is 11.3 Å². The molecule has 4 aromatic rings. The van der Waals surface area contributed by atoms with Crippen molar-refractivity contribution in [3.8, 4) is 16.3 Å². The fourth-order valence-corrected chi connectivity index (χ4v) is 4.32. The summed E-state index contributed by atoms with van der Waals surface area (Å²) < 4.78 is 17.6. The van der Waals surface area contributed by atoms with E-state index in [0.717, 1.165) is 33.6 Å². The number of para-hydroxylation sites is 1. The standard InChI is InChI=1S/C21H23FN6S/c1-5-27-15(4)16(13(2)25-27)12-23-21-24-14(3)20(29-21)18-10-11-28(26-18)19-9-7-6-8-17(19)22/h6-11H,5,12H2,1-4H3,(H,23,24). The molecule has 0 atom stereocenters. The minimum atomic E-state index is -0.302. The minimum Gasteiger partial charge on any atom is -0.357 e. The quantitative estimate of drug-likeness (QED) is 0.492. The summed E-state index contributed by atoms with van der Waals surface area (Å²) in [5.74, 6) is -0.302. The van der Waals surface area contributed by atoms with Crippen LogP contribution in [-0.4, -0.2) is 24.5 Å². The molecule has 1 N–H and O–H groups in total. The monoisotopic (exact) mass is 410 g/mol. The van der Waals surface area contributed by atoms with Crippen LogP contribution in [0, 0.1) is 26.6 Å². The van der Waals surface area contributed by atoms with Gasteiger partial charge in [0.15, 0.2) is 5.13 Å². The molecule has 0 bridgehead atoms. The number of rotatable bonds is 6. The highest BCUT2D eigenvalue weighted by Crippen LogP contribution is 2.32. The maximum Gasteiger partial charge on any atom is 0.183 e. The van der Waals surface area contributed by atoms with E-state index in [1.165, 1.54) is 17.3 Å². The molecule has 0 saturated heterocycles. The first-order valence-electron chi connectivity index (χ1n) is 9.53. The Balaban J connectivity index is 1.55. The Labute approximate surface area is 173 Å². The van der Waals surface area contributed by atoms with Crippen molar-refractivity contribution in [2.75, 3.05) is 5.32 Å². The van der Waals surface area contributed by atoms with E-state index >= 15 is 0 Å². The molecule has 0 radical (unpaired) electrons. The molecule has 150 valence electrons. The number of thiazole rings is 1. The molecular weight excluding hydrogens is 387 g/mol. The van der Waals surface area contributed by atoms with Gasteiger partial charge < -0.3 is 5.32 Å². The first-order chi connectivity index (χ1) is 14.0. The highest BCUT2D eigenvalue weighted by atomic mass is 32.1. The summed E-state index contributed by atoms with van der Waals surface area (Å²) in [4.78, 5) is 5.62. The molecule has 8 heteroatoms. The van der Waals surface area contributed by atoms with Gasteiger partial charge in [-0.25, -0.2) is 14.1 Å². The van der Waals surface area contributed by atoms with Crippen LogP contribution in [0.1, 0.15) is 29.6 Å². The van der Waals surface area contributed by atoms with Crippen LogP contribution in [0.4, 0.5) is 9.52 Å². The molecule has 29 heavy (non-hydrogen) atoms. The molecular formula is C21H23FN6S. The molecule has 0 amide bonds. The third kappa shape index (κ3) is 3.67. The van der Waals surface area contributed by atoms with Crippen molar-refractivity contribution in [1.82, 2.24) is 24.5 Å². The molecule has 0 aliphatic carbocycles. The minimum absolute atomic E-state index is 0.302. The van der Waals surface area contributed by atoms with Crippen molar-refractivity contribution < 1.29 is 4.39 Å². The molecule has 4 rings (SSSR count). The molecule has 0 fully saturated rings. The van der Waals surface area contributed by atoms with E-state index in [1.807, 2.05) is 24.6 Å². The van der Waals surface area contributed by atoms with E-state index in [2.05, 4.69) is 34.3 Å². The summed E-state index contributed by atoms with van der Waals surface area (Å²) in [6.45, 7) is 9.71. The van der Waals surface area contributed by atoms with E-state index in [4.69, 9.17) is 0 Å². The van der Waals surface area contributed by atoms with Crippen LogP contribution in [0.5, 0.6) is 0 Å². The molecule has 0 saturated carbocycles. The SMILES string of the molecule is CCn1nc(C)c(CNc2nc(C)c(-c3ccn(-c4ccccc4F)n3)s2)c1C. The van der Waals surface area contributed by atoms with Gasteiger partial charge in [-0.3, -0.25) is 4.68 Å². The average molecular weight is 411 g/mol. The van der Waals surface area contributed by atoms with Gasteiger partial charge in [0, 0.05) is 30.5 Å². The maximum atomic E-state index is 14.0. The second-order valence-electron chi connectivity index (χ2n) is 6.85. The summed E-state index contributed by atoms with van der Waals surface area (Å²) in [7, 11) is 0. The zero-order valence-electron chi connectivity index (χ0n) is 16.9. The second-order valence-corrected chi connectivity index (χ2v) is 7.85. The van der Waals surface area contributed by atoms with Crippen LogP contribution in [0.25, 0.3) is 16.3 Å². The molecule has 0 aliphatic heterocycles. The van der Waals surface area contributed by atoms with Crippen molar-refractivity contribution in [3.63, 3.8) is 0 Å². The third-order valence-electron chi connectivity index (χ3n) is 4.96. The van der Waals surface area contributed by atoms with Crippen LogP contribution in [0.3, 0.4) is 0 Å². The van der Waals surface area contributed by atoms with Gasteiger partial charge in [0.25, 0.3) is 0 Å². The smallest absolute Gasteiger partial charge is 0.183 e. The number of nitrogens with zero attached hydrogens (tertiary/aromatic N) is 5. The number of nitrogens with one attached hydrogen (secondary N) is 1. The molecule has 1 aromatic carbocycles. The predicted octanol–water partition coefficient (Wildman–Crippen LogP) is 4.89. The second kappa shape index (κ2) is 7.79. The number of hydrogen-bond donors (Lipinski definition) is 1. The van der Waals surface area contributed by atoms with Gasteiger partial charge >= 0.3 is 0 Å². The van der Waals surface area contributed by atoms with E-state index < -0.39 is 0 Å². The van der Waals surface area contributed by atoms with Crippen molar-refractivity contribution in [1.29, 1.82) is 0 Å². The van der Waals surface area contributed by atoms with Crippen LogP contribution in [0.2, 0.25) is 0 Å².